The Morgan fingerprint density at radius 3 is 2.60 bits per heavy atom. The van der Waals surface area contributed by atoms with Gasteiger partial charge in [0, 0.05) is 22.6 Å². The topological polar surface area (TPSA) is 54.9 Å². The van der Waals surface area contributed by atoms with Gasteiger partial charge in [-0.05, 0) is 24.1 Å². The maximum absolute atomic E-state index is 12.0. The third kappa shape index (κ3) is 3.91. The van der Waals surface area contributed by atoms with Crippen LogP contribution in [0.1, 0.15) is 25.3 Å². The number of phenols is 1. The van der Waals surface area contributed by atoms with Crippen LogP contribution in [0.25, 0.3) is 22.1 Å². The molecule has 2 aromatic carbocycles. The van der Waals surface area contributed by atoms with Crippen LogP contribution >= 0.6 is 0 Å². The molecule has 1 aromatic heterocycles. The van der Waals surface area contributed by atoms with Crippen LogP contribution in [-0.4, -0.2) is 18.7 Å². The van der Waals surface area contributed by atoms with Crippen LogP contribution in [-0.2, 0) is 6.54 Å². The van der Waals surface area contributed by atoms with Crippen LogP contribution in [0.15, 0.2) is 57.7 Å². The average molecular weight is 338 g/mol. The van der Waals surface area contributed by atoms with Crippen molar-refractivity contribution in [3.05, 3.63) is 64.5 Å². The lowest BCUT2D eigenvalue weighted by atomic mass is 10.0. The van der Waals surface area contributed by atoms with Gasteiger partial charge in [-0.3, -0.25) is 0 Å². The lowest BCUT2D eigenvalue weighted by Crippen LogP contribution is -3.07. The monoisotopic (exact) mass is 338 g/mol. The highest BCUT2D eigenvalue weighted by Gasteiger charge is 2.14. The number of aromatic hydroxyl groups is 1. The lowest BCUT2D eigenvalue weighted by molar-refractivity contribution is -0.893. The molecule has 0 aliphatic heterocycles. The van der Waals surface area contributed by atoms with E-state index in [-0.39, 0.29) is 11.4 Å². The maximum Gasteiger partial charge on any atom is 0.336 e. The number of quaternary nitrogens is 1. The number of unbranched alkanes of at least 4 members (excludes halogenated alkanes) is 1. The Bertz CT molecular complexity index is 916. The molecule has 0 saturated carbocycles. The van der Waals surface area contributed by atoms with Crippen LogP contribution in [0.3, 0.4) is 0 Å². The van der Waals surface area contributed by atoms with E-state index in [1.807, 2.05) is 30.3 Å². The molecular formula is C21H24NO3+. The molecule has 0 aliphatic rings. The van der Waals surface area contributed by atoms with Crippen molar-refractivity contribution in [2.75, 3.05) is 13.6 Å². The first-order valence-corrected chi connectivity index (χ1v) is 8.75. The van der Waals surface area contributed by atoms with Gasteiger partial charge >= 0.3 is 5.63 Å². The minimum absolute atomic E-state index is 0.194. The van der Waals surface area contributed by atoms with Gasteiger partial charge in [0.25, 0.3) is 0 Å². The van der Waals surface area contributed by atoms with E-state index in [0.717, 1.165) is 42.4 Å². The van der Waals surface area contributed by atoms with Crippen molar-refractivity contribution in [2.24, 2.45) is 0 Å². The number of fused-ring (bicyclic) bond motifs is 1. The molecule has 0 amide bonds. The van der Waals surface area contributed by atoms with E-state index in [1.165, 1.54) is 4.90 Å². The molecule has 0 fully saturated rings. The Kier molecular flexibility index (Phi) is 5.19. The summed E-state index contributed by atoms with van der Waals surface area (Å²) >= 11 is 0. The van der Waals surface area contributed by atoms with Gasteiger partial charge in [-0.15, -0.1) is 0 Å². The summed E-state index contributed by atoms with van der Waals surface area (Å²) < 4.78 is 5.41. The molecule has 1 atom stereocenters. The highest BCUT2D eigenvalue weighted by Crippen LogP contribution is 2.33. The first kappa shape index (κ1) is 17.2. The highest BCUT2D eigenvalue weighted by atomic mass is 16.4. The maximum atomic E-state index is 12.0. The van der Waals surface area contributed by atoms with Gasteiger partial charge in [-0.25, -0.2) is 4.79 Å². The molecule has 0 spiro atoms. The first-order chi connectivity index (χ1) is 12.1. The summed E-state index contributed by atoms with van der Waals surface area (Å²) in [5.74, 6) is 0.194. The zero-order valence-electron chi connectivity index (χ0n) is 14.7. The summed E-state index contributed by atoms with van der Waals surface area (Å²) in [5, 5.41) is 11.3. The molecule has 25 heavy (non-hydrogen) atoms. The molecule has 1 unspecified atom stereocenters. The quantitative estimate of drug-likeness (QED) is 0.680. The van der Waals surface area contributed by atoms with Crippen molar-refractivity contribution in [1.29, 1.82) is 0 Å². The number of hydrogen-bond donors (Lipinski definition) is 2. The van der Waals surface area contributed by atoms with Gasteiger partial charge in [-0.2, -0.15) is 0 Å². The van der Waals surface area contributed by atoms with Crippen LogP contribution in [0.4, 0.5) is 0 Å². The van der Waals surface area contributed by atoms with Gasteiger partial charge in [0.1, 0.15) is 17.9 Å². The minimum atomic E-state index is -0.351. The second kappa shape index (κ2) is 7.53. The number of phenolic OH excluding ortho intramolecular Hbond substituents is 1. The smallest absolute Gasteiger partial charge is 0.336 e. The van der Waals surface area contributed by atoms with Crippen LogP contribution in [0.5, 0.6) is 5.75 Å². The number of nitrogens with one attached hydrogen (secondary N) is 1. The zero-order valence-corrected chi connectivity index (χ0v) is 14.7. The molecule has 1 heterocycles. The molecule has 3 aromatic rings. The molecule has 4 heteroatoms. The second-order valence-corrected chi connectivity index (χ2v) is 6.56. The Balaban J connectivity index is 2.05. The first-order valence-electron chi connectivity index (χ1n) is 8.75. The van der Waals surface area contributed by atoms with Crippen LogP contribution < -0.4 is 10.5 Å². The summed E-state index contributed by atoms with van der Waals surface area (Å²) in [6, 6.07) is 14.6. The molecule has 130 valence electrons. The molecule has 3 rings (SSSR count). The second-order valence-electron chi connectivity index (χ2n) is 6.56. The summed E-state index contributed by atoms with van der Waals surface area (Å²) in [6.45, 7) is 3.95. The molecule has 0 aliphatic carbocycles. The van der Waals surface area contributed by atoms with Gasteiger partial charge in [0.05, 0.1) is 13.6 Å². The Labute approximate surface area is 147 Å². The van der Waals surface area contributed by atoms with Gasteiger partial charge in [0.2, 0.25) is 0 Å². The van der Waals surface area contributed by atoms with E-state index in [9.17, 15) is 9.90 Å². The summed E-state index contributed by atoms with van der Waals surface area (Å²) in [6.07, 6.45) is 2.30. The predicted molar refractivity (Wildman–Crippen MR) is 100.0 cm³/mol. The summed E-state index contributed by atoms with van der Waals surface area (Å²) in [5.41, 5.74) is 2.63. The van der Waals surface area contributed by atoms with Crippen molar-refractivity contribution in [3.63, 3.8) is 0 Å². The van der Waals surface area contributed by atoms with Crippen molar-refractivity contribution < 1.29 is 14.4 Å². The van der Waals surface area contributed by atoms with Crippen LogP contribution in [0, 0.1) is 0 Å². The van der Waals surface area contributed by atoms with Gasteiger partial charge in [-0.1, -0.05) is 43.7 Å². The van der Waals surface area contributed by atoms with Crippen LogP contribution in [0.2, 0.25) is 0 Å². The van der Waals surface area contributed by atoms with Crippen molar-refractivity contribution >= 4 is 11.0 Å². The molecule has 4 nitrogen and oxygen atoms in total. The van der Waals surface area contributed by atoms with E-state index in [0.29, 0.717) is 11.1 Å². The van der Waals surface area contributed by atoms with Gasteiger partial charge < -0.3 is 14.4 Å². The standard InChI is InChI=1S/C21H23NO3/c1-3-4-10-22(2)14-16-11-21(24)25-20-13-17(19(23)12-18(16)20)15-8-6-5-7-9-15/h5-9,11-13,23H,3-4,10,14H2,1-2H3/p+1. The largest absolute Gasteiger partial charge is 0.507 e. The van der Waals surface area contributed by atoms with Gasteiger partial charge in [0.15, 0.2) is 0 Å². The molecule has 2 N–H and O–H groups in total. The number of benzene rings is 2. The molecule has 0 bridgehead atoms. The molecule has 0 radical (unpaired) electrons. The van der Waals surface area contributed by atoms with Crippen molar-refractivity contribution in [2.45, 2.75) is 26.3 Å². The highest BCUT2D eigenvalue weighted by molar-refractivity contribution is 5.88. The van der Waals surface area contributed by atoms with E-state index < -0.39 is 0 Å². The third-order valence-corrected chi connectivity index (χ3v) is 4.48. The van der Waals surface area contributed by atoms with E-state index in [4.69, 9.17) is 4.42 Å². The fraction of sp³-hybridized carbons (Fsp3) is 0.286. The fourth-order valence-corrected chi connectivity index (χ4v) is 3.15. The molecule has 0 saturated heterocycles. The summed E-state index contributed by atoms with van der Waals surface area (Å²) in [7, 11) is 2.12. The number of hydrogen-bond acceptors (Lipinski definition) is 3. The predicted octanol–water partition coefficient (Wildman–Crippen LogP) is 2.98. The fourth-order valence-electron chi connectivity index (χ4n) is 3.15. The minimum Gasteiger partial charge on any atom is -0.507 e. The van der Waals surface area contributed by atoms with E-state index >= 15 is 0 Å². The molecular weight excluding hydrogens is 314 g/mol. The van der Waals surface area contributed by atoms with Crippen molar-refractivity contribution in [1.82, 2.24) is 0 Å². The summed E-state index contributed by atoms with van der Waals surface area (Å²) in [4.78, 5) is 13.3. The Hall–Kier alpha value is -2.59. The Morgan fingerprint density at radius 1 is 1.12 bits per heavy atom. The van der Waals surface area contributed by atoms with E-state index in [1.54, 1.807) is 18.2 Å². The third-order valence-electron chi connectivity index (χ3n) is 4.48. The average Bonchev–Trinajstić information content (AvgIpc) is 2.61. The number of rotatable bonds is 6. The zero-order chi connectivity index (χ0) is 17.8. The normalized spacial score (nSPS) is 12.4. The van der Waals surface area contributed by atoms with Crippen molar-refractivity contribution in [3.8, 4) is 16.9 Å². The lowest BCUT2D eigenvalue weighted by Gasteiger charge is -2.15. The SMILES string of the molecule is CCCC[NH+](C)Cc1cc(=O)oc2cc(-c3ccccc3)c(O)cc12. The Morgan fingerprint density at radius 2 is 1.88 bits per heavy atom. The van der Waals surface area contributed by atoms with E-state index in [2.05, 4.69) is 14.0 Å².